The quantitative estimate of drug-likeness (QED) is 0.219. The van der Waals surface area contributed by atoms with Gasteiger partial charge >= 0.3 is 0 Å². The average molecular weight is 572 g/mol. The number of hydrogen-bond acceptors (Lipinski definition) is 8. The van der Waals surface area contributed by atoms with Crippen molar-refractivity contribution in [2.75, 3.05) is 43.2 Å². The molecule has 3 heterocycles. The Labute approximate surface area is 242 Å². The molecule has 2 aliphatic heterocycles. The normalized spacial score (nSPS) is 14.7. The molecule has 1 amide bonds. The van der Waals surface area contributed by atoms with Crippen LogP contribution in [-0.4, -0.2) is 53.7 Å². The van der Waals surface area contributed by atoms with E-state index in [-0.39, 0.29) is 11.7 Å². The maximum absolute atomic E-state index is 13.2. The van der Waals surface area contributed by atoms with Gasteiger partial charge in [0.1, 0.15) is 11.6 Å². The van der Waals surface area contributed by atoms with E-state index in [0.717, 1.165) is 61.3 Å². The number of aryl methyl sites for hydroxylation is 1. The third-order valence-electron chi connectivity index (χ3n) is 7.02. The molecule has 210 valence electrons. The lowest BCUT2D eigenvalue weighted by atomic mass is 10.1. The zero-order valence-corrected chi connectivity index (χ0v) is 23.5. The predicted molar refractivity (Wildman–Crippen MR) is 157 cm³/mol. The highest BCUT2D eigenvalue weighted by Gasteiger charge is 2.21. The summed E-state index contributed by atoms with van der Waals surface area (Å²) in [6.07, 6.45) is 0. The number of nitrogens with zero attached hydrogens (tertiary/aromatic N) is 4. The number of nitrogens with one attached hydrogen (secondary N) is 1. The molecule has 0 saturated carbocycles. The Balaban J connectivity index is 1.04. The number of ether oxygens (including phenoxy) is 2. The molecule has 0 atom stereocenters. The molecule has 3 aromatic carbocycles. The van der Waals surface area contributed by atoms with Gasteiger partial charge in [0.2, 0.25) is 6.79 Å². The lowest BCUT2D eigenvalue weighted by molar-refractivity contribution is 0.102. The first kappa shape index (κ1) is 27.0. The lowest BCUT2D eigenvalue weighted by Gasteiger charge is -2.35. The number of amides is 1. The van der Waals surface area contributed by atoms with Crippen molar-refractivity contribution >= 4 is 29.2 Å². The van der Waals surface area contributed by atoms with Gasteiger partial charge in [0.15, 0.2) is 16.7 Å². The van der Waals surface area contributed by atoms with E-state index in [1.807, 2.05) is 37.3 Å². The minimum Gasteiger partial charge on any atom is -0.454 e. The van der Waals surface area contributed by atoms with Crippen LogP contribution in [0.5, 0.6) is 11.5 Å². The Morgan fingerprint density at radius 1 is 0.927 bits per heavy atom. The van der Waals surface area contributed by atoms with Gasteiger partial charge in [-0.05, 0) is 66.6 Å². The molecule has 41 heavy (non-hydrogen) atoms. The van der Waals surface area contributed by atoms with Gasteiger partial charge in [-0.3, -0.25) is 9.69 Å². The first-order chi connectivity index (χ1) is 20.0. The third-order valence-corrected chi connectivity index (χ3v) is 7.94. The van der Waals surface area contributed by atoms with Crippen molar-refractivity contribution in [1.82, 2.24) is 14.9 Å². The van der Waals surface area contributed by atoms with Crippen molar-refractivity contribution in [1.29, 1.82) is 0 Å². The SMILES string of the molecule is Cc1cc(N2CCN(Cc3ccc4c(c3)OCO4)CC2)nc(SCc2cccc(C(=O)Nc3ccc(F)cc3)c2)n1. The number of halogens is 1. The average Bonchev–Trinajstić information content (AvgIpc) is 3.46. The predicted octanol–water partition coefficient (Wildman–Crippen LogP) is 5.52. The fraction of sp³-hybridized carbons (Fsp3) is 0.258. The number of carbonyl (C=O) groups excluding carboxylic acids is 1. The molecule has 2 aliphatic rings. The lowest BCUT2D eigenvalue weighted by Crippen LogP contribution is -2.46. The standard InChI is InChI=1S/C31H30FN5O3S/c1-21-15-29(37-13-11-36(12-14-37)18-22-5-10-27-28(17-22)40-20-39-27)35-31(33-21)41-19-23-3-2-4-24(16-23)30(38)34-26-8-6-25(32)7-9-26/h2-10,15-17H,11-14,18-20H2,1H3,(H,34,38). The molecule has 0 bridgehead atoms. The van der Waals surface area contributed by atoms with Crippen molar-refractivity contribution in [2.45, 2.75) is 24.4 Å². The van der Waals surface area contributed by atoms with E-state index in [0.29, 0.717) is 29.0 Å². The summed E-state index contributed by atoms with van der Waals surface area (Å²) < 4.78 is 24.1. The summed E-state index contributed by atoms with van der Waals surface area (Å²) in [5, 5.41) is 3.52. The Morgan fingerprint density at radius 3 is 2.56 bits per heavy atom. The molecule has 8 nitrogen and oxygen atoms in total. The minimum atomic E-state index is -0.344. The molecular weight excluding hydrogens is 541 g/mol. The van der Waals surface area contributed by atoms with Crippen LogP contribution in [0.4, 0.5) is 15.9 Å². The highest BCUT2D eigenvalue weighted by molar-refractivity contribution is 7.98. The van der Waals surface area contributed by atoms with E-state index < -0.39 is 0 Å². The number of benzene rings is 3. The summed E-state index contributed by atoms with van der Waals surface area (Å²) >= 11 is 1.55. The minimum absolute atomic E-state index is 0.241. The number of piperazine rings is 1. The summed E-state index contributed by atoms with van der Waals surface area (Å²) in [7, 11) is 0. The molecule has 0 unspecified atom stereocenters. The van der Waals surface area contributed by atoms with Gasteiger partial charge in [-0.25, -0.2) is 14.4 Å². The monoisotopic (exact) mass is 571 g/mol. The molecule has 0 radical (unpaired) electrons. The van der Waals surface area contributed by atoms with Gasteiger partial charge < -0.3 is 19.7 Å². The number of thioether (sulfide) groups is 1. The summed E-state index contributed by atoms with van der Waals surface area (Å²) in [6, 6.07) is 21.4. The number of aromatic nitrogens is 2. The summed E-state index contributed by atoms with van der Waals surface area (Å²) in [6.45, 7) is 6.80. The number of rotatable bonds is 8. The van der Waals surface area contributed by atoms with Crippen LogP contribution in [0.15, 0.2) is 78.0 Å². The first-order valence-electron chi connectivity index (χ1n) is 13.5. The number of carbonyl (C=O) groups is 1. The Kier molecular flexibility index (Phi) is 8.02. The third kappa shape index (κ3) is 6.78. The highest BCUT2D eigenvalue weighted by atomic mass is 32.2. The molecule has 0 spiro atoms. The molecule has 0 aliphatic carbocycles. The van der Waals surface area contributed by atoms with E-state index in [2.05, 4.69) is 32.2 Å². The van der Waals surface area contributed by atoms with Crippen molar-refractivity contribution in [3.63, 3.8) is 0 Å². The summed E-state index contributed by atoms with van der Waals surface area (Å²) in [4.78, 5) is 27.0. The molecule has 1 fully saturated rings. The van der Waals surface area contributed by atoms with Crippen LogP contribution in [-0.2, 0) is 12.3 Å². The highest BCUT2D eigenvalue weighted by Crippen LogP contribution is 2.33. The van der Waals surface area contributed by atoms with Crippen LogP contribution in [0.25, 0.3) is 0 Å². The molecule has 6 rings (SSSR count). The molecule has 10 heteroatoms. The van der Waals surface area contributed by atoms with E-state index >= 15 is 0 Å². The van der Waals surface area contributed by atoms with Gasteiger partial charge in [-0.2, -0.15) is 0 Å². The van der Waals surface area contributed by atoms with Crippen LogP contribution < -0.4 is 19.7 Å². The van der Waals surface area contributed by atoms with Crippen LogP contribution >= 0.6 is 11.8 Å². The first-order valence-corrected chi connectivity index (χ1v) is 14.5. The van der Waals surface area contributed by atoms with Crippen LogP contribution in [0.3, 0.4) is 0 Å². The summed E-state index contributed by atoms with van der Waals surface area (Å²) in [5.74, 6) is 2.62. The van der Waals surface area contributed by atoms with E-state index in [4.69, 9.17) is 14.5 Å². The zero-order valence-electron chi connectivity index (χ0n) is 22.7. The molecule has 1 saturated heterocycles. The van der Waals surface area contributed by atoms with Crippen LogP contribution in [0.1, 0.15) is 27.2 Å². The molecule has 1 N–H and O–H groups in total. The number of anilines is 2. The van der Waals surface area contributed by atoms with Crippen molar-refractivity contribution < 1.29 is 18.7 Å². The van der Waals surface area contributed by atoms with E-state index in [1.54, 1.807) is 30.0 Å². The van der Waals surface area contributed by atoms with Gasteiger partial charge in [0.05, 0.1) is 0 Å². The van der Waals surface area contributed by atoms with Crippen molar-refractivity contribution in [2.24, 2.45) is 0 Å². The maximum atomic E-state index is 13.2. The van der Waals surface area contributed by atoms with Crippen LogP contribution in [0.2, 0.25) is 0 Å². The topological polar surface area (TPSA) is 79.8 Å². The van der Waals surface area contributed by atoms with Crippen LogP contribution in [0, 0.1) is 12.7 Å². The number of fused-ring (bicyclic) bond motifs is 1. The number of hydrogen-bond donors (Lipinski definition) is 1. The maximum Gasteiger partial charge on any atom is 0.255 e. The second-order valence-electron chi connectivity index (χ2n) is 10.1. The van der Waals surface area contributed by atoms with E-state index in [9.17, 15) is 9.18 Å². The fourth-order valence-electron chi connectivity index (χ4n) is 4.87. The summed E-state index contributed by atoms with van der Waals surface area (Å²) in [5.41, 5.74) is 4.22. The fourth-order valence-corrected chi connectivity index (χ4v) is 5.71. The Morgan fingerprint density at radius 2 is 1.73 bits per heavy atom. The second-order valence-corrected chi connectivity index (χ2v) is 11.0. The molecule has 1 aromatic heterocycles. The van der Waals surface area contributed by atoms with Crippen molar-refractivity contribution in [3.05, 3.63) is 101 Å². The van der Waals surface area contributed by atoms with Gasteiger partial charge in [0, 0.05) is 61.5 Å². The Bertz CT molecular complexity index is 1540. The smallest absolute Gasteiger partial charge is 0.255 e. The van der Waals surface area contributed by atoms with Gasteiger partial charge in [-0.1, -0.05) is 30.0 Å². The Hall–Kier alpha value is -4.15. The van der Waals surface area contributed by atoms with Gasteiger partial charge in [0.25, 0.3) is 5.91 Å². The molecule has 4 aromatic rings. The van der Waals surface area contributed by atoms with E-state index in [1.165, 1.54) is 17.7 Å². The molecular formula is C31H30FN5O3S. The zero-order chi connectivity index (χ0) is 28.2. The second kappa shape index (κ2) is 12.2. The van der Waals surface area contributed by atoms with Gasteiger partial charge in [-0.15, -0.1) is 0 Å². The van der Waals surface area contributed by atoms with Crippen molar-refractivity contribution in [3.8, 4) is 11.5 Å². The largest absolute Gasteiger partial charge is 0.454 e.